The zero-order valence-electron chi connectivity index (χ0n) is 16.4. The average Bonchev–Trinajstić information content (AvgIpc) is 3.05. The van der Waals surface area contributed by atoms with Crippen LogP contribution in [0.3, 0.4) is 0 Å². The number of hydrogen-bond acceptors (Lipinski definition) is 5. The fourth-order valence-electron chi connectivity index (χ4n) is 3.04. The second-order valence-electron chi connectivity index (χ2n) is 7.07. The number of sulfonamides is 1. The molecular weight excluding hydrogens is 380 g/mol. The number of carbonyl (C=O) groups excluding carboxylic acids is 2. The lowest BCUT2D eigenvalue weighted by Crippen LogP contribution is -2.37. The molecule has 0 spiro atoms. The normalized spacial score (nSPS) is 16.8. The molecule has 1 aromatic rings. The van der Waals surface area contributed by atoms with Crippen molar-refractivity contribution >= 4 is 27.6 Å². The maximum Gasteiger partial charge on any atom is 0.324 e. The van der Waals surface area contributed by atoms with Crippen molar-refractivity contribution < 1.29 is 22.7 Å². The van der Waals surface area contributed by atoms with Crippen molar-refractivity contribution in [3.8, 4) is 0 Å². The van der Waals surface area contributed by atoms with Gasteiger partial charge in [-0.05, 0) is 30.7 Å². The molecule has 1 saturated heterocycles. The molecule has 0 aromatic heterocycles. The van der Waals surface area contributed by atoms with Crippen molar-refractivity contribution in [2.45, 2.75) is 75.6 Å². The van der Waals surface area contributed by atoms with Crippen LogP contribution in [0.4, 0.5) is 5.69 Å². The van der Waals surface area contributed by atoms with Crippen molar-refractivity contribution in [1.29, 1.82) is 0 Å². The quantitative estimate of drug-likeness (QED) is 0.406. The number of ether oxygens (including phenoxy) is 1. The maximum atomic E-state index is 12.3. The molecule has 1 aliphatic rings. The number of rotatable bonds is 12. The molecule has 1 atom stereocenters. The van der Waals surface area contributed by atoms with E-state index in [1.807, 2.05) is 0 Å². The first-order valence-corrected chi connectivity index (χ1v) is 11.5. The lowest BCUT2D eigenvalue weighted by Gasteiger charge is -2.11. The van der Waals surface area contributed by atoms with Gasteiger partial charge in [-0.25, -0.2) is 8.42 Å². The second-order valence-corrected chi connectivity index (χ2v) is 8.79. The van der Waals surface area contributed by atoms with Crippen molar-refractivity contribution in [3.05, 3.63) is 24.3 Å². The highest BCUT2D eigenvalue weighted by Crippen LogP contribution is 2.17. The van der Waals surface area contributed by atoms with Crippen molar-refractivity contribution in [3.63, 3.8) is 0 Å². The Morgan fingerprint density at radius 2 is 1.71 bits per heavy atom. The zero-order valence-corrected chi connectivity index (χ0v) is 17.2. The topological polar surface area (TPSA) is 102 Å². The number of amides is 1. The predicted octanol–water partition coefficient (Wildman–Crippen LogP) is 3.36. The first-order valence-electron chi connectivity index (χ1n) is 10.0. The van der Waals surface area contributed by atoms with Crippen molar-refractivity contribution in [1.82, 2.24) is 4.72 Å². The Balaban J connectivity index is 1.75. The first-order chi connectivity index (χ1) is 13.4. The summed E-state index contributed by atoms with van der Waals surface area (Å²) in [5.74, 6) is -0.631. The van der Waals surface area contributed by atoms with Gasteiger partial charge < -0.3 is 10.1 Å². The molecule has 0 saturated carbocycles. The molecule has 7 nitrogen and oxygen atoms in total. The monoisotopic (exact) mass is 410 g/mol. The molecule has 0 aliphatic carbocycles. The summed E-state index contributed by atoms with van der Waals surface area (Å²) in [5.41, 5.74) is 0.548. The predicted molar refractivity (Wildman–Crippen MR) is 107 cm³/mol. The van der Waals surface area contributed by atoms with Gasteiger partial charge in [0.05, 0.1) is 11.5 Å². The van der Waals surface area contributed by atoms with Gasteiger partial charge in [0.2, 0.25) is 15.9 Å². The lowest BCUT2D eigenvalue weighted by molar-refractivity contribution is -0.139. The lowest BCUT2D eigenvalue weighted by atomic mass is 10.1. The largest absolute Gasteiger partial charge is 0.464 e. The van der Waals surface area contributed by atoms with E-state index in [0.29, 0.717) is 18.5 Å². The number of hydrogen-bond donors (Lipinski definition) is 2. The molecule has 1 heterocycles. The van der Waals surface area contributed by atoms with Gasteiger partial charge in [-0.3, -0.25) is 9.59 Å². The van der Waals surface area contributed by atoms with E-state index in [4.69, 9.17) is 4.74 Å². The van der Waals surface area contributed by atoms with Crippen LogP contribution in [0, 0.1) is 0 Å². The number of carbonyl (C=O) groups is 2. The molecule has 28 heavy (non-hydrogen) atoms. The van der Waals surface area contributed by atoms with E-state index < -0.39 is 22.0 Å². The SMILES string of the molecule is CCCCCCCCCC(=O)Nc1ccc(S(=O)(=O)N[C@H]2CCOC2=O)cc1. The smallest absolute Gasteiger partial charge is 0.324 e. The molecule has 8 heteroatoms. The van der Waals surface area contributed by atoms with Gasteiger partial charge in [-0.15, -0.1) is 0 Å². The highest BCUT2D eigenvalue weighted by Gasteiger charge is 2.31. The number of cyclic esters (lactones) is 1. The van der Waals surface area contributed by atoms with Crippen LogP contribution in [-0.4, -0.2) is 32.9 Å². The van der Waals surface area contributed by atoms with Crippen molar-refractivity contribution in [2.24, 2.45) is 0 Å². The Morgan fingerprint density at radius 3 is 2.32 bits per heavy atom. The highest BCUT2D eigenvalue weighted by atomic mass is 32.2. The fourth-order valence-corrected chi connectivity index (χ4v) is 4.26. The third-order valence-corrected chi connectivity index (χ3v) is 6.18. The van der Waals surface area contributed by atoms with Gasteiger partial charge in [0.15, 0.2) is 0 Å². The number of esters is 1. The minimum atomic E-state index is -3.81. The van der Waals surface area contributed by atoms with Gasteiger partial charge in [-0.1, -0.05) is 45.4 Å². The van der Waals surface area contributed by atoms with Crippen LogP contribution in [0.25, 0.3) is 0 Å². The fraction of sp³-hybridized carbons (Fsp3) is 0.600. The Bertz CT molecular complexity index is 746. The summed E-state index contributed by atoms with van der Waals surface area (Å²) in [5, 5.41) is 2.78. The number of benzene rings is 1. The summed E-state index contributed by atoms with van der Waals surface area (Å²) in [6, 6.07) is 5.07. The van der Waals surface area contributed by atoms with Crippen LogP contribution in [0.15, 0.2) is 29.2 Å². The summed E-state index contributed by atoms with van der Waals surface area (Å²) in [4.78, 5) is 23.5. The summed E-state index contributed by atoms with van der Waals surface area (Å²) in [6.07, 6.45) is 8.81. The van der Waals surface area contributed by atoms with Crippen molar-refractivity contribution in [2.75, 3.05) is 11.9 Å². The third kappa shape index (κ3) is 7.24. The molecule has 1 fully saturated rings. The van der Waals surface area contributed by atoms with E-state index >= 15 is 0 Å². The molecule has 1 aromatic carbocycles. The minimum Gasteiger partial charge on any atom is -0.464 e. The number of anilines is 1. The molecular formula is C20H30N2O5S. The van der Waals surface area contributed by atoms with Gasteiger partial charge >= 0.3 is 5.97 Å². The van der Waals surface area contributed by atoms with E-state index in [9.17, 15) is 18.0 Å². The molecule has 156 valence electrons. The third-order valence-electron chi connectivity index (χ3n) is 4.69. The maximum absolute atomic E-state index is 12.3. The summed E-state index contributed by atoms with van der Waals surface area (Å²) in [6.45, 7) is 2.41. The molecule has 2 N–H and O–H groups in total. The first kappa shape index (κ1) is 22.4. The van der Waals surface area contributed by atoms with Gasteiger partial charge in [0.1, 0.15) is 6.04 Å². The second kappa shape index (κ2) is 11.2. The van der Waals surface area contributed by atoms with Crippen LogP contribution in [0.2, 0.25) is 0 Å². The molecule has 1 aliphatic heterocycles. The van der Waals surface area contributed by atoms with E-state index in [0.717, 1.165) is 19.3 Å². The van der Waals surface area contributed by atoms with E-state index in [1.54, 1.807) is 12.1 Å². The van der Waals surface area contributed by atoms with Gasteiger partial charge in [0.25, 0.3) is 0 Å². The van der Waals surface area contributed by atoms with Crippen LogP contribution >= 0.6 is 0 Å². The van der Waals surface area contributed by atoms with E-state index in [-0.39, 0.29) is 17.4 Å². The average molecular weight is 411 g/mol. The Kier molecular flexibility index (Phi) is 8.92. The highest BCUT2D eigenvalue weighted by molar-refractivity contribution is 7.89. The van der Waals surface area contributed by atoms with Crippen LogP contribution in [0.1, 0.15) is 64.7 Å². The number of nitrogens with one attached hydrogen (secondary N) is 2. The Hall–Kier alpha value is -1.93. The summed E-state index contributed by atoms with van der Waals surface area (Å²) >= 11 is 0. The Labute approximate surface area is 167 Å². The van der Waals surface area contributed by atoms with E-state index in [2.05, 4.69) is 17.0 Å². The van der Waals surface area contributed by atoms with E-state index in [1.165, 1.54) is 37.8 Å². The minimum absolute atomic E-state index is 0.0391. The van der Waals surface area contributed by atoms with Gasteiger partial charge in [0, 0.05) is 18.5 Å². The standard InChI is InChI=1S/C20H30N2O5S/c1-2-3-4-5-6-7-8-9-19(23)21-16-10-12-17(13-11-16)28(25,26)22-18-14-15-27-20(18)24/h10-13,18,22H,2-9,14-15H2,1H3,(H,21,23)/t18-/m0/s1. The Morgan fingerprint density at radius 1 is 1.07 bits per heavy atom. The van der Waals surface area contributed by atoms with Crippen LogP contribution in [0.5, 0.6) is 0 Å². The zero-order chi connectivity index (χ0) is 20.4. The molecule has 0 bridgehead atoms. The molecule has 2 rings (SSSR count). The van der Waals surface area contributed by atoms with Gasteiger partial charge in [-0.2, -0.15) is 4.72 Å². The molecule has 1 amide bonds. The summed E-state index contributed by atoms with van der Waals surface area (Å²) < 4.78 is 31.8. The molecule has 0 radical (unpaired) electrons. The summed E-state index contributed by atoms with van der Waals surface area (Å²) in [7, 11) is -3.81. The van der Waals surface area contributed by atoms with Crippen LogP contribution in [-0.2, 0) is 24.3 Å². The number of unbranched alkanes of at least 4 members (excludes halogenated alkanes) is 6. The molecule has 0 unspecified atom stereocenters. The van der Waals surface area contributed by atoms with Crippen LogP contribution < -0.4 is 10.0 Å².